The molecule has 1 amide bonds. The van der Waals surface area contributed by atoms with E-state index in [-0.39, 0.29) is 5.91 Å². The first-order chi connectivity index (χ1) is 10.5. The number of halogens is 1. The summed E-state index contributed by atoms with van der Waals surface area (Å²) < 4.78 is 5.61. The zero-order valence-corrected chi connectivity index (χ0v) is 12.9. The van der Waals surface area contributed by atoms with E-state index in [1.807, 2.05) is 26.0 Å². The molecule has 7 heteroatoms. The number of hydrogen-bond acceptors (Lipinski definition) is 5. The number of rotatable bonds is 3. The number of fused-ring (bicyclic) bond motifs is 1. The van der Waals surface area contributed by atoms with Gasteiger partial charge in [0.25, 0.3) is 5.91 Å². The molecule has 1 aromatic carbocycles. The number of amides is 1. The Labute approximate surface area is 132 Å². The number of aryl methyl sites for hydroxylation is 2. The SMILES string of the molecule is Cc1cc(C)nc(NNC(=O)C2Cc3cc(Cl)ccc3O2)n1. The van der Waals surface area contributed by atoms with Gasteiger partial charge in [-0.05, 0) is 43.7 Å². The van der Waals surface area contributed by atoms with Crippen LogP contribution < -0.4 is 15.6 Å². The Morgan fingerprint density at radius 2 is 2.00 bits per heavy atom. The lowest BCUT2D eigenvalue weighted by molar-refractivity contribution is -0.126. The smallest absolute Gasteiger partial charge is 0.279 e. The van der Waals surface area contributed by atoms with E-state index < -0.39 is 6.10 Å². The van der Waals surface area contributed by atoms with Crippen molar-refractivity contribution in [2.45, 2.75) is 26.4 Å². The zero-order valence-electron chi connectivity index (χ0n) is 12.2. The van der Waals surface area contributed by atoms with Crippen molar-refractivity contribution in [3.05, 3.63) is 46.2 Å². The monoisotopic (exact) mass is 318 g/mol. The second kappa shape index (κ2) is 5.81. The number of anilines is 1. The Morgan fingerprint density at radius 3 is 2.73 bits per heavy atom. The van der Waals surface area contributed by atoms with Gasteiger partial charge in [0.2, 0.25) is 5.95 Å². The Kier molecular flexibility index (Phi) is 3.85. The van der Waals surface area contributed by atoms with E-state index in [1.54, 1.807) is 12.1 Å². The number of aromatic nitrogens is 2. The van der Waals surface area contributed by atoms with Gasteiger partial charge >= 0.3 is 0 Å². The number of carbonyl (C=O) groups excluding carboxylic acids is 1. The number of benzene rings is 1. The van der Waals surface area contributed by atoms with Crippen molar-refractivity contribution in [2.75, 3.05) is 5.43 Å². The van der Waals surface area contributed by atoms with Crippen LogP contribution >= 0.6 is 11.6 Å². The number of nitrogens with zero attached hydrogens (tertiary/aromatic N) is 2. The van der Waals surface area contributed by atoms with Gasteiger partial charge in [0.15, 0.2) is 6.10 Å². The third-order valence-corrected chi connectivity index (χ3v) is 3.50. The molecule has 1 atom stereocenters. The van der Waals surface area contributed by atoms with Crippen molar-refractivity contribution in [2.24, 2.45) is 0 Å². The van der Waals surface area contributed by atoms with Gasteiger partial charge in [-0.25, -0.2) is 9.97 Å². The van der Waals surface area contributed by atoms with Gasteiger partial charge in [0.1, 0.15) is 5.75 Å². The van der Waals surface area contributed by atoms with Crippen molar-refractivity contribution < 1.29 is 9.53 Å². The molecule has 0 bridgehead atoms. The molecule has 0 radical (unpaired) electrons. The molecule has 0 saturated carbocycles. The first-order valence-electron chi connectivity index (χ1n) is 6.84. The average Bonchev–Trinajstić information content (AvgIpc) is 2.86. The largest absolute Gasteiger partial charge is 0.480 e. The molecule has 2 heterocycles. The van der Waals surface area contributed by atoms with E-state index in [1.165, 1.54) is 0 Å². The van der Waals surface area contributed by atoms with Crippen LogP contribution in [0.2, 0.25) is 5.02 Å². The second-order valence-corrected chi connectivity index (χ2v) is 5.59. The Morgan fingerprint density at radius 1 is 1.27 bits per heavy atom. The van der Waals surface area contributed by atoms with Gasteiger partial charge in [-0.1, -0.05) is 11.6 Å². The first kappa shape index (κ1) is 14.6. The fourth-order valence-corrected chi connectivity index (χ4v) is 2.54. The normalized spacial score (nSPS) is 15.9. The predicted molar refractivity (Wildman–Crippen MR) is 82.8 cm³/mol. The lowest BCUT2D eigenvalue weighted by Gasteiger charge is -2.12. The van der Waals surface area contributed by atoms with E-state index in [0.717, 1.165) is 17.0 Å². The second-order valence-electron chi connectivity index (χ2n) is 5.15. The Bertz CT molecular complexity index is 715. The molecule has 2 aromatic rings. The summed E-state index contributed by atoms with van der Waals surface area (Å²) in [7, 11) is 0. The highest BCUT2D eigenvalue weighted by Crippen LogP contribution is 2.31. The highest BCUT2D eigenvalue weighted by Gasteiger charge is 2.29. The standard InChI is InChI=1S/C15H15ClN4O2/c1-8-5-9(2)18-15(17-8)20-19-14(21)13-7-10-6-11(16)3-4-12(10)22-13/h3-6,13H,7H2,1-2H3,(H,19,21)(H,17,18,20). The molecule has 22 heavy (non-hydrogen) atoms. The average molecular weight is 319 g/mol. The van der Waals surface area contributed by atoms with Crippen LogP contribution in [0.15, 0.2) is 24.3 Å². The highest BCUT2D eigenvalue weighted by atomic mass is 35.5. The number of ether oxygens (including phenoxy) is 1. The van der Waals surface area contributed by atoms with Crippen molar-refractivity contribution >= 4 is 23.5 Å². The Balaban J connectivity index is 1.62. The van der Waals surface area contributed by atoms with E-state index in [0.29, 0.717) is 23.1 Å². The zero-order chi connectivity index (χ0) is 15.7. The van der Waals surface area contributed by atoms with Gasteiger partial charge in [-0.15, -0.1) is 0 Å². The molecular weight excluding hydrogens is 304 g/mol. The van der Waals surface area contributed by atoms with Crippen LogP contribution in [0.5, 0.6) is 5.75 Å². The molecule has 1 aliphatic heterocycles. The molecule has 0 saturated heterocycles. The third-order valence-electron chi connectivity index (χ3n) is 3.27. The first-order valence-corrected chi connectivity index (χ1v) is 7.22. The number of hydrazine groups is 1. The van der Waals surface area contributed by atoms with Crippen LogP contribution in [-0.2, 0) is 11.2 Å². The minimum Gasteiger partial charge on any atom is -0.480 e. The quantitative estimate of drug-likeness (QED) is 0.848. The van der Waals surface area contributed by atoms with Gasteiger partial charge in [0, 0.05) is 22.8 Å². The fraction of sp³-hybridized carbons (Fsp3) is 0.267. The molecule has 2 N–H and O–H groups in total. The molecule has 114 valence electrons. The molecule has 1 aliphatic rings. The number of hydrogen-bond donors (Lipinski definition) is 2. The van der Waals surface area contributed by atoms with Crippen LogP contribution in [-0.4, -0.2) is 22.0 Å². The molecule has 0 spiro atoms. The summed E-state index contributed by atoms with van der Waals surface area (Å²) in [4.78, 5) is 20.5. The maximum Gasteiger partial charge on any atom is 0.279 e. The molecule has 6 nitrogen and oxygen atoms in total. The van der Waals surface area contributed by atoms with Crippen LogP contribution in [0.4, 0.5) is 5.95 Å². The molecule has 1 unspecified atom stereocenters. The fourth-order valence-electron chi connectivity index (χ4n) is 2.34. The summed E-state index contributed by atoms with van der Waals surface area (Å²) in [6.07, 6.45) is -0.108. The Hall–Kier alpha value is -2.34. The van der Waals surface area contributed by atoms with Gasteiger partial charge < -0.3 is 4.74 Å². The van der Waals surface area contributed by atoms with Crippen molar-refractivity contribution in [3.63, 3.8) is 0 Å². The van der Waals surface area contributed by atoms with Crippen molar-refractivity contribution in [1.82, 2.24) is 15.4 Å². The molecule has 1 aromatic heterocycles. The molecule has 3 rings (SSSR count). The number of nitrogens with one attached hydrogen (secondary N) is 2. The number of carbonyl (C=O) groups is 1. The maximum atomic E-state index is 12.2. The van der Waals surface area contributed by atoms with Gasteiger partial charge in [0.05, 0.1) is 0 Å². The highest BCUT2D eigenvalue weighted by molar-refractivity contribution is 6.30. The molecule has 0 aliphatic carbocycles. The minimum atomic E-state index is -0.591. The predicted octanol–water partition coefficient (Wildman–Crippen LogP) is 2.19. The minimum absolute atomic E-state index is 0.282. The molecular formula is C15H15ClN4O2. The van der Waals surface area contributed by atoms with E-state index in [4.69, 9.17) is 16.3 Å². The van der Waals surface area contributed by atoms with E-state index >= 15 is 0 Å². The van der Waals surface area contributed by atoms with Gasteiger partial charge in [-0.2, -0.15) is 0 Å². The van der Waals surface area contributed by atoms with E-state index in [9.17, 15) is 4.79 Å². The lowest BCUT2D eigenvalue weighted by atomic mass is 10.1. The molecule has 0 fully saturated rings. The third kappa shape index (κ3) is 3.12. The summed E-state index contributed by atoms with van der Waals surface area (Å²) in [6.45, 7) is 3.73. The summed E-state index contributed by atoms with van der Waals surface area (Å²) in [6, 6.07) is 7.17. The summed E-state index contributed by atoms with van der Waals surface area (Å²) in [5, 5.41) is 0.630. The summed E-state index contributed by atoms with van der Waals surface area (Å²) in [5.41, 5.74) is 7.86. The van der Waals surface area contributed by atoms with Crippen molar-refractivity contribution in [3.8, 4) is 5.75 Å². The van der Waals surface area contributed by atoms with Crippen molar-refractivity contribution in [1.29, 1.82) is 0 Å². The summed E-state index contributed by atoms with van der Waals surface area (Å²) >= 11 is 5.94. The lowest BCUT2D eigenvalue weighted by Crippen LogP contribution is -2.41. The summed E-state index contributed by atoms with van der Waals surface area (Å²) in [5.74, 6) is 0.756. The van der Waals surface area contributed by atoms with Gasteiger partial charge in [-0.3, -0.25) is 15.6 Å². The topological polar surface area (TPSA) is 76.1 Å². The van der Waals surface area contributed by atoms with E-state index in [2.05, 4.69) is 20.8 Å². The van der Waals surface area contributed by atoms with Crippen LogP contribution in [0.25, 0.3) is 0 Å². The van der Waals surface area contributed by atoms with Crippen LogP contribution in [0.3, 0.4) is 0 Å². The van der Waals surface area contributed by atoms with Crippen LogP contribution in [0.1, 0.15) is 17.0 Å². The maximum absolute atomic E-state index is 12.2. The van der Waals surface area contributed by atoms with Crippen LogP contribution in [0, 0.1) is 13.8 Å².